The van der Waals surface area contributed by atoms with E-state index in [0.717, 1.165) is 10.0 Å². The van der Waals surface area contributed by atoms with E-state index in [1.54, 1.807) is 22.9 Å². The fourth-order valence-electron chi connectivity index (χ4n) is 3.17. The van der Waals surface area contributed by atoms with Crippen LogP contribution in [0.3, 0.4) is 0 Å². The summed E-state index contributed by atoms with van der Waals surface area (Å²) < 4.78 is 32.9. The van der Waals surface area contributed by atoms with Gasteiger partial charge in [0, 0.05) is 10.0 Å². The Bertz CT molecular complexity index is 902. The minimum Gasteiger partial charge on any atom is -0.434 e. The van der Waals surface area contributed by atoms with E-state index in [4.69, 9.17) is 4.74 Å². The van der Waals surface area contributed by atoms with Crippen molar-refractivity contribution in [3.05, 3.63) is 64.1 Å². The summed E-state index contributed by atoms with van der Waals surface area (Å²) in [5.74, 6) is 0.617. The van der Waals surface area contributed by atoms with Crippen molar-refractivity contribution in [3.8, 4) is 5.75 Å². The lowest BCUT2D eigenvalue weighted by atomic mass is 9.93. The lowest BCUT2D eigenvalue weighted by molar-refractivity contribution is -0.0507. The highest BCUT2D eigenvalue weighted by molar-refractivity contribution is 9.10. The number of halogens is 3. The molecule has 4 rings (SSSR count). The predicted molar refractivity (Wildman–Crippen MR) is 94.2 cm³/mol. The topological polar surface area (TPSA) is 64.9 Å². The highest BCUT2D eigenvalue weighted by atomic mass is 79.9. The molecule has 3 aromatic rings. The summed E-state index contributed by atoms with van der Waals surface area (Å²) in [6, 6.07) is 14.3. The van der Waals surface area contributed by atoms with Crippen LogP contribution in [0, 0.1) is 0 Å². The van der Waals surface area contributed by atoms with E-state index in [2.05, 4.69) is 36.8 Å². The molecule has 1 aliphatic heterocycles. The number of nitrogens with one attached hydrogen (secondary N) is 1. The van der Waals surface area contributed by atoms with Crippen LogP contribution in [0.4, 0.5) is 14.7 Å². The molecule has 0 spiro atoms. The first-order chi connectivity index (χ1) is 12.6. The van der Waals surface area contributed by atoms with Crippen LogP contribution in [0.2, 0.25) is 0 Å². The Labute approximate surface area is 156 Å². The maximum absolute atomic E-state index is 12.8. The molecule has 2 heterocycles. The summed E-state index contributed by atoms with van der Waals surface area (Å²) in [5, 5.41) is 15.0. The second kappa shape index (κ2) is 6.99. The zero-order chi connectivity index (χ0) is 18.1. The van der Waals surface area contributed by atoms with E-state index >= 15 is 0 Å². The first-order valence-electron chi connectivity index (χ1n) is 7.95. The Morgan fingerprint density at radius 2 is 1.92 bits per heavy atom. The van der Waals surface area contributed by atoms with Crippen LogP contribution in [0.15, 0.2) is 53.0 Å². The number of ether oxygens (including phenoxy) is 1. The second-order valence-electron chi connectivity index (χ2n) is 5.86. The summed E-state index contributed by atoms with van der Waals surface area (Å²) in [4.78, 5) is 0. The van der Waals surface area contributed by atoms with Gasteiger partial charge in [-0.05, 0) is 40.6 Å². The number of anilines is 1. The van der Waals surface area contributed by atoms with Crippen molar-refractivity contribution < 1.29 is 13.5 Å². The Kier molecular flexibility index (Phi) is 4.54. The van der Waals surface area contributed by atoms with Gasteiger partial charge in [-0.3, -0.25) is 0 Å². The number of nitrogens with zero attached hydrogens (tertiary/aromatic N) is 4. The van der Waals surface area contributed by atoms with E-state index in [1.807, 2.05) is 24.3 Å². The average molecular weight is 422 g/mol. The van der Waals surface area contributed by atoms with Gasteiger partial charge in [0.15, 0.2) is 0 Å². The third-order valence-electron chi connectivity index (χ3n) is 4.32. The van der Waals surface area contributed by atoms with Gasteiger partial charge >= 0.3 is 6.61 Å². The molecule has 2 atom stereocenters. The molecule has 134 valence electrons. The molecule has 0 amide bonds. The average Bonchev–Trinajstić information content (AvgIpc) is 3.10. The van der Waals surface area contributed by atoms with Gasteiger partial charge in [-0.2, -0.15) is 8.78 Å². The summed E-state index contributed by atoms with van der Waals surface area (Å²) in [6.07, 6.45) is 0.587. The molecular formula is C17H14BrF2N5O. The smallest absolute Gasteiger partial charge is 0.387 e. The van der Waals surface area contributed by atoms with Crippen LogP contribution in [0.5, 0.6) is 5.75 Å². The van der Waals surface area contributed by atoms with Crippen molar-refractivity contribution in [2.45, 2.75) is 25.1 Å². The van der Waals surface area contributed by atoms with E-state index in [9.17, 15) is 8.78 Å². The molecule has 1 aromatic heterocycles. The lowest BCUT2D eigenvalue weighted by Crippen LogP contribution is -2.28. The van der Waals surface area contributed by atoms with Gasteiger partial charge in [0.05, 0.1) is 12.1 Å². The standard InChI is InChI=1S/C17H14BrF2N5O/c18-11-7-5-10(6-8-11)13-9-14(25-17(21-13)22-23-24-25)12-3-1-2-4-15(12)26-16(19)20/h1-8,13-14,16H,9H2,(H,21,22,24)/t13-,14-/m1/s1. The first kappa shape index (κ1) is 16.9. The molecule has 0 bridgehead atoms. The van der Waals surface area contributed by atoms with Crippen LogP contribution in [-0.4, -0.2) is 26.8 Å². The van der Waals surface area contributed by atoms with E-state index in [1.165, 1.54) is 6.07 Å². The van der Waals surface area contributed by atoms with Crippen molar-refractivity contribution in [1.82, 2.24) is 20.2 Å². The highest BCUT2D eigenvalue weighted by Gasteiger charge is 2.32. The summed E-state index contributed by atoms with van der Waals surface area (Å²) in [7, 11) is 0. The fraction of sp³-hybridized carbons (Fsp3) is 0.235. The number of hydrogen-bond acceptors (Lipinski definition) is 5. The number of hydrogen-bond donors (Lipinski definition) is 1. The van der Waals surface area contributed by atoms with Crippen molar-refractivity contribution in [1.29, 1.82) is 0 Å². The SMILES string of the molecule is FC(F)Oc1ccccc1[C@H]1C[C@H](c2ccc(Br)cc2)Nc2nnnn21. The molecule has 0 saturated heterocycles. The Morgan fingerprint density at radius 3 is 2.69 bits per heavy atom. The monoisotopic (exact) mass is 421 g/mol. The molecule has 1 N–H and O–H groups in total. The Hall–Kier alpha value is -2.55. The van der Waals surface area contributed by atoms with Crippen LogP contribution < -0.4 is 10.1 Å². The van der Waals surface area contributed by atoms with E-state index < -0.39 is 6.61 Å². The fourth-order valence-corrected chi connectivity index (χ4v) is 3.43. The van der Waals surface area contributed by atoms with Crippen molar-refractivity contribution in [2.24, 2.45) is 0 Å². The number of para-hydroxylation sites is 1. The second-order valence-corrected chi connectivity index (χ2v) is 6.78. The third-order valence-corrected chi connectivity index (χ3v) is 4.85. The van der Waals surface area contributed by atoms with E-state index in [-0.39, 0.29) is 17.8 Å². The van der Waals surface area contributed by atoms with Gasteiger partial charge in [-0.1, -0.05) is 51.4 Å². The quantitative estimate of drug-likeness (QED) is 0.684. The van der Waals surface area contributed by atoms with Crippen molar-refractivity contribution >= 4 is 21.9 Å². The zero-order valence-corrected chi connectivity index (χ0v) is 15.0. The molecule has 0 fully saturated rings. The maximum atomic E-state index is 12.8. The number of alkyl halides is 2. The number of aromatic nitrogens is 4. The summed E-state index contributed by atoms with van der Waals surface area (Å²) >= 11 is 3.43. The number of fused-ring (bicyclic) bond motifs is 1. The molecule has 6 nitrogen and oxygen atoms in total. The molecule has 2 aromatic carbocycles. The molecule has 0 aliphatic carbocycles. The third kappa shape index (κ3) is 3.26. The largest absolute Gasteiger partial charge is 0.434 e. The van der Waals surface area contributed by atoms with Gasteiger partial charge in [0.1, 0.15) is 5.75 Å². The lowest BCUT2D eigenvalue weighted by Gasteiger charge is -2.31. The van der Waals surface area contributed by atoms with Gasteiger partial charge < -0.3 is 10.1 Å². The Morgan fingerprint density at radius 1 is 1.15 bits per heavy atom. The molecule has 0 unspecified atom stereocenters. The van der Waals surface area contributed by atoms with Gasteiger partial charge in [-0.15, -0.1) is 0 Å². The number of rotatable bonds is 4. The number of benzene rings is 2. The van der Waals surface area contributed by atoms with Gasteiger partial charge in [0.2, 0.25) is 5.95 Å². The minimum atomic E-state index is -2.89. The summed E-state index contributed by atoms with van der Waals surface area (Å²) in [6.45, 7) is -2.89. The van der Waals surface area contributed by atoms with Crippen molar-refractivity contribution in [3.63, 3.8) is 0 Å². The van der Waals surface area contributed by atoms with Crippen molar-refractivity contribution in [2.75, 3.05) is 5.32 Å². The molecule has 26 heavy (non-hydrogen) atoms. The predicted octanol–water partition coefficient (Wildman–Crippen LogP) is 4.18. The molecule has 0 radical (unpaired) electrons. The van der Waals surface area contributed by atoms with E-state index in [0.29, 0.717) is 17.9 Å². The maximum Gasteiger partial charge on any atom is 0.387 e. The van der Waals surface area contributed by atoms with Gasteiger partial charge in [-0.25, -0.2) is 4.68 Å². The van der Waals surface area contributed by atoms with Crippen LogP contribution in [0.1, 0.15) is 29.6 Å². The van der Waals surface area contributed by atoms with Crippen LogP contribution >= 0.6 is 15.9 Å². The summed E-state index contributed by atoms with van der Waals surface area (Å²) in [5.41, 5.74) is 1.67. The van der Waals surface area contributed by atoms with Gasteiger partial charge in [0.25, 0.3) is 0 Å². The molecule has 0 saturated carbocycles. The zero-order valence-electron chi connectivity index (χ0n) is 13.4. The Balaban J connectivity index is 1.73. The number of tetrazole rings is 1. The highest BCUT2D eigenvalue weighted by Crippen LogP contribution is 2.40. The minimum absolute atomic E-state index is 0.0637. The normalized spacial score (nSPS) is 19.1. The molecule has 1 aliphatic rings. The first-order valence-corrected chi connectivity index (χ1v) is 8.74. The molecular weight excluding hydrogens is 408 g/mol. The van der Waals surface area contributed by atoms with Crippen LogP contribution in [-0.2, 0) is 0 Å². The van der Waals surface area contributed by atoms with Crippen LogP contribution in [0.25, 0.3) is 0 Å². The molecule has 9 heteroatoms.